The number of alkyl halides is 6. The number of hydrogen-bond acceptors (Lipinski definition) is 6. The average Bonchev–Trinajstić information content (AvgIpc) is 2.89. The summed E-state index contributed by atoms with van der Waals surface area (Å²) in [6, 6.07) is 3.42. The van der Waals surface area contributed by atoms with E-state index in [-0.39, 0.29) is 29.2 Å². The van der Waals surface area contributed by atoms with Crippen molar-refractivity contribution in [1.29, 1.82) is 0 Å². The van der Waals surface area contributed by atoms with Crippen LogP contribution < -0.4 is 16.4 Å². The van der Waals surface area contributed by atoms with Crippen molar-refractivity contribution in [2.75, 3.05) is 5.32 Å². The van der Waals surface area contributed by atoms with Crippen LogP contribution in [-0.4, -0.2) is 30.8 Å². The van der Waals surface area contributed by atoms with E-state index >= 15 is 0 Å². The summed E-state index contributed by atoms with van der Waals surface area (Å²) in [7, 11) is 0. The van der Waals surface area contributed by atoms with Crippen molar-refractivity contribution in [3.63, 3.8) is 0 Å². The molecule has 1 aliphatic rings. The van der Waals surface area contributed by atoms with Crippen molar-refractivity contribution < 1.29 is 30.7 Å². The Balaban J connectivity index is 1.35. The van der Waals surface area contributed by atoms with Gasteiger partial charge in [0, 0.05) is 31.2 Å². The molecule has 0 spiro atoms. The maximum atomic E-state index is 14.9. The third kappa shape index (κ3) is 5.93. The molecule has 2 N–H and O–H groups in total. The largest absolute Gasteiger partial charge is 0.423 e. The molecule has 5 rings (SSSR count). The number of benzene rings is 1. The molecule has 216 valence electrons. The molecule has 1 aromatic carbocycles. The zero-order valence-electron chi connectivity index (χ0n) is 21.0. The maximum Gasteiger partial charge on any atom is 0.423 e. The Bertz CT molecular complexity index is 1700. The number of fused-ring (bicyclic) bond motifs is 1. The van der Waals surface area contributed by atoms with Gasteiger partial charge in [0.2, 0.25) is 0 Å². The Morgan fingerprint density at radius 3 is 2.41 bits per heavy atom. The van der Waals surface area contributed by atoms with Crippen molar-refractivity contribution in [2.45, 2.75) is 50.6 Å². The Kier molecular flexibility index (Phi) is 7.30. The number of pyridine rings is 1. The number of H-pyrrole nitrogens is 1. The lowest BCUT2D eigenvalue weighted by Gasteiger charge is -2.31. The highest BCUT2D eigenvalue weighted by molar-refractivity contribution is 5.86. The van der Waals surface area contributed by atoms with Crippen LogP contribution in [0.2, 0.25) is 0 Å². The zero-order valence-corrected chi connectivity index (χ0v) is 21.0. The van der Waals surface area contributed by atoms with Crippen molar-refractivity contribution in [2.24, 2.45) is 5.92 Å². The van der Waals surface area contributed by atoms with Crippen molar-refractivity contribution in [3.05, 3.63) is 80.6 Å². The fourth-order valence-electron chi connectivity index (χ4n) is 5.11. The molecule has 1 aliphatic carbocycles. The van der Waals surface area contributed by atoms with E-state index in [0.717, 1.165) is 12.3 Å². The number of hydrogen-bond donors (Lipinski definition) is 2. The molecule has 41 heavy (non-hydrogen) atoms. The molecule has 8 nitrogen and oxygen atoms in total. The molecule has 1 saturated carbocycles. The van der Waals surface area contributed by atoms with E-state index in [1.165, 1.54) is 16.8 Å². The number of nitrogens with one attached hydrogen (secondary N) is 2. The fourth-order valence-corrected chi connectivity index (χ4v) is 5.11. The summed E-state index contributed by atoms with van der Waals surface area (Å²) in [6.45, 7) is 0.220. The number of aromatic nitrogens is 5. The fraction of sp³-hybridized carbons (Fsp3) is 0.346. The van der Waals surface area contributed by atoms with Gasteiger partial charge in [-0.1, -0.05) is 6.42 Å². The van der Waals surface area contributed by atoms with Crippen LogP contribution in [-0.2, 0) is 18.9 Å². The van der Waals surface area contributed by atoms with Gasteiger partial charge in [-0.2, -0.15) is 31.4 Å². The van der Waals surface area contributed by atoms with E-state index < -0.39 is 52.1 Å². The molecule has 0 amide bonds. The number of aromatic amines is 1. The molecule has 0 bridgehead atoms. The minimum atomic E-state index is -4.88. The standard InChI is InChI=1S/C26H21F7N6O2/c27-19-8-17-14(7-18(19)22-34-9-15(10-35-22)25(28,29)30)4-5-39(24(17)41)12-13-2-1-3-16(6-13)37-20-11-36-38-23(40)21(20)26(31,32)33/h4-5,7-11,13,16H,1-3,6,12H2,(H2,37,38,40)/t13-,16+/m0/s1. The molecule has 3 aromatic heterocycles. The van der Waals surface area contributed by atoms with Gasteiger partial charge in [0.05, 0.1) is 28.4 Å². The van der Waals surface area contributed by atoms with Gasteiger partial charge < -0.3 is 9.88 Å². The summed E-state index contributed by atoms with van der Waals surface area (Å²) in [5, 5.41) is 8.41. The van der Waals surface area contributed by atoms with Gasteiger partial charge in [-0.3, -0.25) is 9.59 Å². The highest BCUT2D eigenvalue weighted by Crippen LogP contribution is 2.34. The highest BCUT2D eigenvalue weighted by Gasteiger charge is 2.38. The zero-order chi connectivity index (χ0) is 29.5. The summed E-state index contributed by atoms with van der Waals surface area (Å²) in [5.74, 6) is -1.27. The van der Waals surface area contributed by atoms with Crippen LogP contribution in [0.4, 0.5) is 36.4 Å². The van der Waals surface area contributed by atoms with Gasteiger partial charge in [0.1, 0.15) is 11.4 Å². The average molecular weight is 582 g/mol. The van der Waals surface area contributed by atoms with Gasteiger partial charge in [-0.05, 0) is 48.8 Å². The summed E-state index contributed by atoms with van der Waals surface area (Å²) in [4.78, 5) is 32.2. The van der Waals surface area contributed by atoms with Gasteiger partial charge >= 0.3 is 12.4 Å². The van der Waals surface area contributed by atoms with E-state index in [1.807, 2.05) is 0 Å². The Labute approximate surface area is 226 Å². The molecule has 2 atom stereocenters. The second kappa shape index (κ2) is 10.6. The SMILES string of the molecule is O=c1[nH]ncc(N[C@@H]2CCC[C@H](Cn3ccc4cc(-c5ncc(C(F)(F)F)cn5)c(F)cc4c3=O)C2)c1C(F)(F)F. The molecular weight excluding hydrogens is 561 g/mol. The van der Waals surface area contributed by atoms with E-state index in [9.17, 15) is 40.3 Å². The molecule has 0 aliphatic heterocycles. The van der Waals surface area contributed by atoms with Crippen LogP contribution in [0, 0.1) is 11.7 Å². The van der Waals surface area contributed by atoms with Crippen LogP contribution in [0.5, 0.6) is 0 Å². The quantitative estimate of drug-likeness (QED) is 0.306. The van der Waals surface area contributed by atoms with Gasteiger partial charge in [-0.15, -0.1) is 0 Å². The number of anilines is 1. The van der Waals surface area contributed by atoms with Crippen LogP contribution in [0.3, 0.4) is 0 Å². The summed E-state index contributed by atoms with van der Waals surface area (Å²) in [6.07, 6.45) is -3.70. The number of nitrogens with zero attached hydrogens (tertiary/aromatic N) is 4. The van der Waals surface area contributed by atoms with E-state index in [0.29, 0.717) is 43.5 Å². The Morgan fingerprint density at radius 2 is 1.73 bits per heavy atom. The second-order valence-electron chi connectivity index (χ2n) is 9.85. The highest BCUT2D eigenvalue weighted by atomic mass is 19.4. The molecular formula is C26H21F7N6O2. The Morgan fingerprint density at radius 1 is 1.00 bits per heavy atom. The van der Waals surface area contributed by atoms with Gasteiger partial charge in [0.15, 0.2) is 5.82 Å². The number of rotatable bonds is 5. The predicted octanol–water partition coefficient (Wildman–Crippen LogP) is 5.39. The van der Waals surface area contributed by atoms with Gasteiger partial charge in [0.25, 0.3) is 11.1 Å². The van der Waals surface area contributed by atoms with Crippen LogP contribution in [0.25, 0.3) is 22.2 Å². The van der Waals surface area contributed by atoms with Crippen molar-refractivity contribution in [3.8, 4) is 11.4 Å². The predicted molar refractivity (Wildman–Crippen MR) is 133 cm³/mol. The summed E-state index contributed by atoms with van der Waals surface area (Å²) < 4.78 is 95.0. The van der Waals surface area contributed by atoms with Crippen LogP contribution >= 0.6 is 0 Å². The monoisotopic (exact) mass is 582 g/mol. The first-order valence-electron chi connectivity index (χ1n) is 12.4. The minimum Gasteiger partial charge on any atom is -0.380 e. The van der Waals surface area contributed by atoms with Crippen LogP contribution in [0.1, 0.15) is 36.8 Å². The van der Waals surface area contributed by atoms with E-state index in [1.54, 1.807) is 11.2 Å². The molecule has 15 heteroatoms. The first-order valence-corrected chi connectivity index (χ1v) is 12.4. The van der Waals surface area contributed by atoms with E-state index in [4.69, 9.17) is 0 Å². The molecule has 1 fully saturated rings. The molecule has 0 saturated heterocycles. The van der Waals surface area contributed by atoms with Crippen molar-refractivity contribution >= 4 is 16.5 Å². The smallest absolute Gasteiger partial charge is 0.380 e. The molecule has 0 unspecified atom stereocenters. The van der Waals surface area contributed by atoms with Crippen LogP contribution in [0.15, 0.2) is 52.6 Å². The first kappa shape index (κ1) is 28.2. The Hall–Kier alpha value is -4.30. The molecule has 4 aromatic rings. The lowest BCUT2D eigenvalue weighted by Crippen LogP contribution is -2.33. The number of halogens is 7. The second-order valence-corrected chi connectivity index (χ2v) is 9.85. The van der Waals surface area contributed by atoms with Crippen molar-refractivity contribution in [1.82, 2.24) is 24.7 Å². The lowest BCUT2D eigenvalue weighted by molar-refractivity contribution is -0.139. The summed E-state index contributed by atoms with van der Waals surface area (Å²) >= 11 is 0. The minimum absolute atomic E-state index is 0.0375. The maximum absolute atomic E-state index is 14.9. The third-order valence-corrected chi connectivity index (χ3v) is 7.02. The van der Waals surface area contributed by atoms with E-state index in [2.05, 4.69) is 20.4 Å². The lowest BCUT2D eigenvalue weighted by atomic mass is 9.85. The topological polar surface area (TPSA) is 106 Å². The first-order chi connectivity index (χ1) is 19.3. The molecule has 0 radical (unpaired) electrons. The van der Waals surface area contributed by atoms with Gasteiger partial charge in [-0.25, -0.2) is 19.5 Å². The normalized spacial score (nSPS) is 18.0. The summed E-state index contributed by atoms with van der Waals surface area (Å²) in [5.41, 5.74) is -4.88. The third-order valence-electron chi connectivity index (χ3n) is 7.02. The molecule has 3 heterocycles.